The Hall–Kier alpha value is -3.08. The van der Waals surface area contributed by atoms with Crippen LogP contribution in [-0.2, 0) is 4.79 Å². The Morgan fingerprint density at radius 1 is 1.08 bits per heavy atom. The Balaban J connectivity index is 2.07. The van der Waals surface area contributed by atoms with Crippen molar-refractivity contribution in [2.24, 2.45) is 0 Å². The SMILES string of the molecule is CC(C)c1ccc(/C=C/C(=O)Nc2cc(C(=O)O)ccc2O)cc1. The lowest BCUT2D eigenvalue weighted by Crippen LogP contribution is -2.09. The molecule has 0 aliphatic rings. The highest BCUT2D eigenvalue weighted by Gasteiger charge is 2.09. The van der Waals surface area contributed by atoms with Crippen LogP contribution in [0.4, 0.5) is 5.69 Å². The van der Waals surface area contributed by atoms with Crippen molar-refractivity contribution in [2.45, 2.75) is 19.8 Å². The van der Waals surface area contributed by atoms with Crippen LogP contribution in [0.15, 0.2) is 48.5 Å². The molecular formula is C19H19NO4. The second-order valence-corrected chi connectivity index (χ2v) is 5.68. The average Bonchev–Trinajstić information content (AvgIpc) is 2.55. The van der Waals surface area contributed by atoms with Crippen LogP contribution in [0.25, 0.3) is 6.08 Å². The van der Waals surface area contributed by atoms with Gasteiger partial charge in [-0.05, 0) is 41.3 Å². The van der Waals surface area contributed by atoms with Crippen LogP contribution in [-0.4, -0.2) is 22.1 Å². The first-order chi connectivity index (χ1) is 11.4. The maximum absolute atomic E-state index is 11.9. The quantitative estimate of drug-likeness (QED) is 0.575. The van der Waals surface area contributed by atoms with E-state index in [2.05, 4.69) is 19.2 Å². The van der Waals surface area contributed by atoms with Crippen molar-refractivity contribution in [1.29, 1.82) is 0 Å². The Morgan fingerprint density at radius 2 is 1.75 bits per heavy atom. The van der Waals surface area contributed by atoms with Crippen molar-refractivity contribution in [3.8, 4) is 5.75 Å². The van der Waals surface area contributed by atoms with E-state index in [0.29, 0.717) is 5.92 Å². The molecule has 3 N–H and O–H groups in total. The predicted octanol–water partition coefficient (Wildman–Crippen LogP) is 3.87. The van der Waals surface area contributed by atoms with E-state index < -0.39 is 11.9 Å². The average molecular weight is 325 g/mol. The Labute approximate surface area is 140 Å². The topological polar surface area (TPSA) is 86.6 Å². The van der Waals surface area contributed by atoms with E-state index in [1.807, 2.05) is 24.3 Å². The number of phenols is 1. The Bertz CT molecular complexity index is 776. The molecule has 5 heteroatoms. The number of aromatic hydroxyl groups is 1. The van der Waals surface area contributed by atoms with Crippen LogP contribution in [0, 0.1) is 0 Å². The van der Waals surface area contributed by atoms with Crippen LogP contribution in [0.3, 0.4) is 0 Å². The zero-order valence-electron chi connectivity index (χ0n) is 13.5. The van der Waals surface area contributed by atoms with E-state index in [1.165, 1.54) is 29.8 Å². The van der Waals surface area contributed by atoms with Crippen molar-refractivity contribution < 1.29 is 19.8 Å². The summed E-state index contributed by atoms with van der Waals surface area (Å²) in [4.78, 5) is 22.9. The summed E-state index contributed by atoms with van der Waals surface area (Å²) in [5.41, 5.74) is 2.13. The number of nitrogens with one attached hydrogen (secondary N) is 1. The van der Waals surface area contributed by atoms with Gasteiger partial charge in [0.05, 0.1) is 11.3 Å². The van der Waals surface area contributed by atoms with Crippen LogP contribution in [0.2, 0.25) is 0 Å². The monoisotopic (exact) mass is 325 g/mol. The zero-order chi connectivity index (χ0) is 17.7. The number of rotatable bonds is 5. The second-order valence-electron chi connectivity index (χ2n) is 5.68. The molecule has 2 aromatic rings. The molecule has 0 atom stereocenters. The molecular weight excluding hydrogens is 306 g/mol. The van der Waals surface area contributed by atoms with Crippen molar-refractivity contribution >= 4 is 23.6 Å². The van der Waals surface area contributed by atoms with Gasteiger partial charge in [0.25, 0.3) is 0 Å². The molecule has 0 saturated heterocycles. The fourth-order valence-corrected chi connectivity index (χ4v) is 2.11. The molecule has 0 fully saturated rings. The second kappa shape index (κ2) is 7.46. The van der Waals surface area contributed by atoms with E-state index in [0.717, 1.165) is 5.56 Å². The van der Waals surface area contributed by atoms with E-state index in [-0.39, 0.29) is 17.0 Å². The van der Waals surface area contributed by atoms with Crippen LogP contribution < -0.4 is 5.32 Å². The minimum absolute atomic E-state index is 0.0173. The van der Waals surface area contributed by atoms with E-state index in [1.54, 1.807) is 6.08 Å². The number of carboxylic acid groups (broad SMARTS) is 1. The van der Waals surface area contributed by atoms with Gasteiger partial charge in [-0.1, -0.05) is 38.1 Å². The molecule has 2 aromatic carbocycles. The third-order valence-corrected chi connectivity index (χ3v) is 3.53. The van der Waals surface area contributed by atoms with Gasteiger partial charge in [0.2, 0.25) is 5.91 Å². The number of carboxylic acids is 1. The van der Waals surface area contributed by atoms with Gasteiger partial charge in [-0.2, -0.15) is 0 Å². The minimum atomic E-state index is -1.13. The van der Waals surface area contributed by atoms with Crippen molar-refractivity contribution in [1.82, 2.24) is 0 Å². The van der Waals surface area contributed by atoms with Crippen LogP contribution in [0.1, 0.15) is 41.3 Å². The molecule has 0 saturated carbocycles. The maximum atomic E-state index is 11.9. The van der Waals surface area contributed by atoms with E-state index in [4.69, 9.17) is 5.11 Å². The number of hydrogen-bond acceptors (Lipinski definition) is 3. The number of aromatic carboxylic acids is 1. The normalized spacial score (nSPS) is 11.0. The van der Waals surface area contributed by atoms with Gasteiger partial charge in [0.15, 0.2) is 0 Å². The number of anilines is 1. The molecule has 5 nitrogen and oxygen atoms in total. The highest BCUT2D eigenvalue weighted by molar-refractivity contribution is 6.03. The smallest absolute Gasteiger partial charge is 0.335 e. The molecule has 0 unspecified atom stereocenters. The predicted molar refractivity (Wildman–Crippen MR) is 93.3 cm³/mol. The van der Waals surface area contributed by atoms with E-state index >= 15 is 0 Å². The number of phenolic OH excluding ortho intramolecular Hbond substituents is 1. The molecule has 2 rings (SSSR count). The Kier molecular flexibility index (Phi) is 5.37. The molecule has 0 aliphatic carbocycles. The number of hydrogen-bond donors (Lipinski definition) is 3. The summed E-state index contributed by atoms with van der Waals surface area (Å²) in [6.07, 6.45) is 2.98. The third kappa shape index (κ3) is 4.46. The summed E-state index contributed by atoms with van der Waals surface area (Å²) in [6.45, 7) is 4.21. The first-order valence-electron chi connectivity index (χ1n) is 7.52. The zero-order valence-corrected chi connectivity index (χ0v) is 13.5. The number of carbonyl (C=O) groups is 2. The molecule has 0 aromatic heterocycles. The summed E-state index contributed by atoms with van der Waals surface area (Å²) < 4.78 is 0. The Morgan fingerprint density at radius 3 is 2.33 bits per heavy atom. The minimum Gasteiger partial charge on any atom is -0.506 e. The summed E-state index contributed by atoms with van der Waals surface area (Å²) in [7, 11) is 0. The summed E-state index contributed by atoms with van der Waals surface area (Å²) >= 11 is 0. The fraction of sp³-hybridized carbons (Fsp3) is 0.158. The van der Waals surface area contributed by atoms with Crippen molar-refractivity contribution in [3.63, 3.8) is 0 Å². The molecule has 0 spiro atoms. The highest BCUT2D eigenvalue weighted by Crippen LogP contribution is 2.24. The standard InChI is InChI=1S/C19H19NO4/c1-12(2)14-6-3-13(4-7-14)5-10-18(22)20-16-11-15(19(23)24)8-9-17(16)21/h3-12,21H,1-2H3,(H,20,22)(H,23,24)/b10-5+. The van der Waals surface area contributed by atoms with Crippen molar-refractivity contribution in [2.75, 3.05) is 5.32 Å². The van der Waals surface area contributed by atoms with Crippen molar-refractivity contribution in [3.05, 3.63) is 65.2 Å². The number of benzene rings is 2. The largest absolute Gasteiger partial charge is 0.506 e. The first kappa shape index (κ1) is 17.3. The lowest BCUT2D eigenvalue weighted by atomic mass is 10.0. The van der Waals surface area contributed by atoms with Gasteiger partial charge in [-0.15, -0.1) is 0 Å². The van der Waals surface area contributed by atoms with Gasteiger partial charge in [-0.25, -0.2) is 4.79 Å². The summed E-state index contributed by atoms with van der Waals surface area (Å²) in [5.74, 6) is -1.34. The molecule has 1 amide bonds. The van der Waals surface area contributed by atoms with Gasteiger partial charge in [0, 0.05) is 6.08 Å². The molecule has 0 radical (unpaired) electrons. The molecule has 124 valence electrons. The molecule has 0 bridgehead atoms. The van der Waals surface area contributed by atoms with Gasteiger partial charge < -0.3 is 15.5 Å². The molecule has 0 aliphatic heterocycles. The van der Waals surface area contributed by atoms with Crippen LogP contribution in [0.5, 0.6) is 5.75 Å². The number of amides is 1. The molecule has 24 heavy (non-hydrogen) atoms. The van der Waals surface area contributed by atoms with Gasteiger partial charge >= 0.3 is 5.97 Å². The fourth-order valence-electron chi connectivity index (χ4n) is 2.11. The maximum Gasteiger partial charge on any atom is 0.335 e. The van der Waals surface area contributed by atoms with Gasteiger partial charge in [0.1, 0.15) is 5.75 Å². The first-order valence-corrected chi connectivity index (χ1v) is 7.52. The molecule has 0 heterocycles. The summed E-state index contributed by atoms with van der Waals surface area (Å²) in [6, 6.07) is 11.5. The third-order valence-electron chi connectivity index (χ3n) is 3.53. The highest BCUT2D eigenvalue weighted by atomic mass is 16.4. The van der Waals surface area contributed by atoms with E-state index in [9.17, 15) is 14.7 Å². The summed E-state index contributed by atoms with van der Waals surface area (Å²) in [5, 5.41) is 21.1. The lowest BCUT2D eigenvalue weighted by molar-refractivity contribution is -0.111. The lowest BCUT2D eigenvalue weighted by Gasteiger charge is -2.06. The number of carbonyl (C=O) groups excluding carboxylic acids is 1. The van der Waals surface area contributed by atoms with Gasteiger partial charge in [-0.3, -0.25) is 4.79 Å². The van der Waals surface area contributed by atoms with Crippen LogP contribution >= 0.6 is 0 Å².